The number of hydrogen-bond acceptors (Lipinski definition) is 4. The zero-order valence-electron chi connectivity index (χ0n) is 11.1. The van der Waals surface area contributed by atoms with E-state index in [0.717, 1.165) is 5.56 Å². The number of rotatable bonds is 6. The molecule has 0 aliphatic heterocycles. The standard InChI is InChI=1S/C13H17N3O4/c1-7-2-3-9(14)8(6-7)12(18)16-10(13(19)20)4-5-11(15)17/h2-3,6,10H,4-5,14H2,1H3,(H2,15,17)(H,16,18)(H,19,20). The van der Waals surface area contributed by atoms with Crippen LogP contribution in [0.5, 0.6) is 0 Å². The summed E-state index contributed by atoms with van der Waals surface area (Å²) in [5.74, 6) is -2.45. The summed E-state index contributed by atoms with van der Waals surface area (Å²) in [6, 6.07) is 3.70. The van der Waals surface area contributed by atoms with E-state index in [-0.39, 0.29) is 24.1 Å². The van der Waals surface area contributed by atoms with Crippen LogP contribution in [-0.4, -0.2) is 28.9 Å². The number of nitrogen functional groups attached to an aromatic ring is 1. The second-order valence-electron chi connectivity index (χ2n) is 4.46. The van der Waals surface area contributed by atoms with Crippen molar-refractivity contribution in [1.82, 2.24) is 5.32 Å². The van der Waals surface area contributed by atoms with Gasteiger partial charge >= 0.3 is 5.97 Å². The highest BCUT2D eigenvalue weighted by atomic mass is 16.4. The molecule has 0 aliphatic carbocycles. The van der Waals surface area contributed by atoms with Crippen molar-refractivity contribution < 1.29 is 19.5 Å². The number of carboxylic acids is 1. The summed E-state index contributed by atoms with van der Waals surface area (Å²) >= 11 is 0. The number of primary amides is 1. The Morgan fingerprint density at radius 3 is 2.55 bits per heavy atom. The highest BCUT2D eigenvalue weighted by molar-refractivity contribution is 6.01. The molecule has 0 fully saturated rings. The van der Waals surface area contributed by atoms with E-state index in [2.05, 4.69) is 5.32 Å². The Balaban J connectivity index is 2.82. The average molecular weight is 279 g/mol. The molecule has 20 heavy (non-hydrogen) atoms. The number of hydrogen-bond donors (Lipinski definition) is 4. The van der Waals surface area contributed by atoms with Crippen molar-refractivity contribution in [1.29, 1.82) is 0 Å². The summed E-state index contributed by atoms with van der Waals surface area (Å²) in [4.78, 5) is 33.7. The van der Waals surface area contributed by atoms with Gasteiger partial charge in [-0.15, -0.1) is 0 Å². The molecule has 0 saturated carbocycles. The van der Waals surface area contributed by atoms with Gasteiger partial charge in [0.2, 0.25) is 5.91 Å². The molecule has 2 amide bonds. The van der Waals surface area contributed by atoms with Crippen LogP contribution in [0.25, 0.3) is 0 Å². The van der Waals surface area contributed by atoms with Crippen molar-refractivity contribution in [2.45, 2.75) is 25.8 Å². The van der Waals surface area contributed by atoms with Crippen LogP contribution in [0, 0.1) is 6.92 Å². The molecule has 0 aromatic heterocycles. The molecule has 0 heterocycles. The van der Waals surface area contributed by atoms with Gasteiger partial charge in [0.1, 0.15) is 6.04 Å². The van der Waals surface area contributed by atoms with Crippen LogP contribution in [0.15, 0.2) is 18.2 Å². The van der Waals surface area contributed by atoms with Crippen molar-refractivity contribution in [3.8, 4) is 0 Å². The van der Waals surface area contributed by atoms with Gasteiger partial charge in [0, 0.05) is 12.1 Å². The number of amides is 2. The summed E-state index contributed by atoms with van der Waals surface area (Å²) < 4.78 is 0. The highest BCUT2D eigenvalue weighted by Gasteiger charge is 2.22. The maximum atomic E-state index is 12.0. The molecule has 1 atom stereocenters. The number of benzene rings is 1. The van der Waals surface area contributed by atoms with Crippen LogP contribution >= 0.6 is 0 Å². The smallest absolute Gasteiger partial charge is 0.326 e. The summed E-state index contributed by atoms with van der Waals surface area (Å²) in [7, 11) is 0. The minimum absolute atomic E-state index is 0.0673. The lowest BCUT2D eigenvalue weighted by molar-refractivity contribution is -0.139. The number of aliphatic carboxylic acids is 1. The number of nitrogens with one attached hydrogen (secondary N) is 1. The lowest BCUT2D eigenvalue weighted by atomic mass is 10.1. The fourth-order valence-electron chi connectivity index (χ4n) is 1.65. The first-order valence-corrected chi connectivity index (χ1v) is 5.99. The van der Waals surface area contributed by atoms with Crippen LogP contribution in [0.2, 0.25) is 0 Å². The molecule has 0 radical (unpaired) electrons. The molecule has 108 valence electrons. The minimum Gasteiger partial charge on any atom is -0.480 e. The molecule has 7 nitrogen and oxygen atoms in total. The molecule has 0 saturated heterocycles. The van der Waals surface area contributed by atoms with Crippen molar-refractivity contribution in [2.24, 2.45) is 5.73 Å². The number of carbonyl (C=O) groups excluding carboxylic acids is 2. The summed E-state index contributed by atoms with van der Waals surface area (Å²) in [5.41, 5.74) is 11.9. The number of aryl methyl sites for hydroxylation is 1. The van der Waals surface area contributed by atoms with Gasteiger partial charge in [-0.1, -0.05) is 11.6 Å². The van der Waals surface area contributed by atoms with E-state index in [4.69, 9.17) is 16.6 Å². The van der Waals surface area contributed by atoms with E-state index in [9.17, 15) is 14.4 Å². The fraction of sp³-hybridized carbons (Fsp3) is 0.308. The zero-order chi connectivity index (χ0) is 15.3. The lowest BCUT2D eigenvalue weighted by Gasteiger charge is -2.15. The number of nitrogens with two attached hydrogens (primary N) is 2. The predicted octanol–water partition coefficient (Wildman–Crippen LogP) is 0.0257. The quantitative estimate of drug-likeness (QED) is 0.544. The van der Waals surface area contributed by atoms with Crippen LogP contribution in [0.3, 0.4) is 0 Å². The third kappa shape index (κ3) is 4.27. The van der Waals surface area contributed by atoms with Crippen LogP contribution < -0.4 is 16.8 Å². The number of carboxylic acid groups (broad SMARTS) is 1. The fourth-order valence-corrected chi connectivity index (χ4v) is 1.65. The van der Waals surface area contributed by atoms with Gasteiger partial charge < -0.3 is 21.9 Å². The Kier molecular flexibility index (Phi) is 5.08. The topological polar surface area (TPSA) is 136 Å². The first-order chi connectivity index (χ1) is 9.31. The normalized spacial score (nSPS) is 11.7. The Labute approximate surface area is 115 Å². The van der Waals surface area contributed by atoms with E-state index in [1.807, 2.05) is 0 Å². The summed E-state index contributed by atoms with van der Waals surface area (Å²) in [6.45, 7) is 1.79. The number of anilines is 1. The molecule has 6 N–H and O–H groups in total. The zero-order valence-corrected chi connectivity index (χ0v) is 11.1. The van der Waals surface area contributed by atoms with Gasteiger partial charge in [-0.05, 0) is 25.5 Å². The molecular weight excluding hydrogens is 262 g/mol. The molecule has 1 aromatic carbocycles. The molecule has 0 spiro atoms. The Morgan fingerprint density at radius 1 is 1.35 bits per heavy atom. The predicted molar refractivity (Wildman–Crippen MR) is 72.9 cm³/mol. The van der Waals surface area contributed by atoms with Gasteiger partial charge in [-0.25, -0.2) is 4.79 Å². The van der Waals surface area contributed by atoms with Crippen LogP contribution in [-0.2, 0) is 9.59 Å². The number of carbonyl (C=O) groups is 3. The maximum Gasteiger partial charge on any atom is 0.326 e. The van der Waals surface area contributed by atoms with Gasteiger partial charge in [0.15, 0.2) is 0 Å². The largest absolute Gasteiger partial charge is 0.480 e. The van der Waals surface area contributed by atoms with Gasteiger partial charge in [-0.2, -0.15) is 0 Å². The van der Waals surface area contributed by atoms with Gasteiger partial charge in [0.05, 0.1) is 5.56 Å². The minimum atomic E-state index is -1.23. The van der Waals surface area contributed by atoms with Crippen LogP contribution in [0.4, 0.5) is 5.69 Å². The second kappa shape index (κ2) is 6.55. The third-order valence-corrected chi connectivity index (χ3v) is 2.74. The Morgan fingerprint density at radius 2 is 2.00 bits per heavy atom. The van der Waals surface area contributed by atoms with E-state index in [0.29, 0.717) is 0 Å². The van der Waals surface area contributed by atoms with Gasteiger partial charge in [-0.3, -0.25) is 9.59 Å². The SMILES string of the molecule is Cc1ccc(N)c(C(=O)NC(CCC(N)=O)C(=O)O)c1. The van der Waals surface area contributed by atoms with E-state index in [1.54, 1.807) is 25.1 Å². The van der Waals surface area contributed by atoms with Crippen molar-refractivity contribution in [3.63, 3.8) is 0 Å². The average Bonchev–Trinajstić information content (AvgIpc) is 2.36. The Bertz CT molecular complexity index is 542. The van der Waals surface area contributed by atoms with Crippen molar-refractivity contribution in [2.75, 3.05) is 5.73 Å². The molecule has 0 aliphatic rings. The van der Waals surface area contributed by atoms with E-state index >= 15 is 0 Å². The monoisotopic (exact) mass is 279 g/mol. The molecule has 1 unspecified atom stereocenters. The van der Waals surface area contributed by atoms with Crippen LogP contribution in [0.1, 0.15) is 28.8 Å². The Hall–Kier alpha value is -2.57. The summed E-state index contributed by atoms with van der Waals surface area (Å²) in [5, 5.41) is 11.3. The maximum absolute atomic E-state index is 12.0. The molecule has 7 heteroatoms. The van der Waals surface area contributed by atoms with Gasteiger partial charge in [0.25, 0.3) is 5.91 Å². The van der Waals surface area contributed by atoms with E-state index in [1.165, 1.54) is 0 Å². The molecule has 1 rings (SSSR count). The van der Waals surface area contributed by atoms with Crippen molar-refractivity contribution >= 4 is 23.5 Å². The lowest BCUT2D eigenvalue weighted by Crippen LogP contribution is -2.41. The third-order valence-electron chi connectivity index (χ3n) is 2.74. The molecular formula is C13H17N3O4. The second-order valence-corrected chi connectivity index (χ2v) is 4.46. The summed E-state index contributed by atoms with van der Waals surface area (Å²) in [6.07, 6.45) is -0.192. The molecule has 1 aromatic rings. The molecule has 0 bridgehead atoms. The first-order valence-electron chi connectivity index (χ1n) is 5.99. The van der Waals surface area contributed by atoms with Crippen molar-refractivity contribution in [3.05, 3.63) is 29.3 Å². The highest BCUT2D eigenvalue weighted by Crippen LogP contribution is 2.14. The first kappa shape index (κ1) is 15.5. The van der Waals surface area contributed by atoms with E-state index < -0.39 is 23.8 Å².